The molecule has 4 aromatic rings. The van der Waals surface area contributed by atoms with Gasteiger partial charge < -0.3 is 23.9 Å². The number of carbonyl (C=O) groups is 1. The van der Waals surface area contributed by atoms with E-state index in [1.54, 1.807) is 19.2 Å². The van der Waals surface area contributed by atoms with Crippen molar-refractivity contribution >= 4 is 23.4 Å². The molecule has 5 rings (SSSR count). The fraction of sp³-hybridized carbons (Fsp3) is 0.160. The molecule has 1 aromatic heterocycles. The normalized spacial score (nSPS) is 12.9. The average Bonchev–Trinajstić information content (AvgIpc) is 3.52. The van der Waals surface area contributed by atoms with Crippen LogP contribution in [0.4, 0.5) is 5.69 Å². The zero-order chi connectivity index (χ0) is 23.5. The highest BCUT2D eigenvalue weighted by Crippen LogP contribution is 2.39. The van der Waals surface area contributed by atoms with Gasteiger partial charge in [0.1, 0.15) is 11.0 Å². The molecular formula is C25H21N3O5S. The SMILES string of the molecule is COc1ccc(C)cc1NC(=O)C(Sc1nnc(-c2ccc3c(c2)OCO3)o1)c1ccccc1. The van der Waals surface area contributed by atoms with Crippen LogP contribution in [-0.2, 0) is 4.79 Å². The lowest BCUT2D eigenvalue weighted by atomic mass is 10.1. The summed E-state index contributed by atoms with van der Waals surface area (Å²) in [6.45, 7) is 2.14. The summed E-state index contributed by atoms with van der Waals surface area (Å²) in [5, 5.41) is 10.9. The van der Waals surface area contributed by atoms with E-state index in [0.29, 0.717) is 34.4 Å². The maximum absolute atomic E-state index is 13.4. The average molecular weight is 476 g/mol. The lowest BCUT2D eigenvalue weighted by Gasteiger charge is -2.17. The Morgan fingerprint density at radius 2 is 1.85 bits per heavy atom. The third kappa shape index (κ3) is 4.55. The number of methoxy groups -OCH3 is 1. The second kappa shape index (κ2) is 9.48. The maximum Gasteiger partial charge on any atom is 0.277 e. The number of benzene rings is 3. The predicted molar refractivity (Wildman–Crippen MR) is 127 cm³/mol. The maximum atomic E-state index is 13.4. The number of ether oxygens (including phenoxy) is 3. The third-order valence-electron chi connectivity index (χ3n) is 5.20. The minimum Gasteiger partial charge on any atom is -0.495 e. The van der Waals surface area contributed by atoms with E-state index in [9.17, 15) is 4.79 Å². The summed E-state index contributed by atoms with van der Waals surface area (Å²) in [4.78, 5) is 13.4. The summed E-state index contributed by atoms with van der Waals surface area (Å²) in [5.74, 6) is 1.97. The number of hydrogen-bond acceptors (Lipinski definition) is 8. The molecule has 0 aliphatic carbocycles. The van der Waals surface area contributed by atoms with Crippen LogP contribution in [0.25, 0.3) is 11.5 Å². The largest absolute Gasteiger partial charge is 0.495 e. The van der Waals surface area contributed by atoms with Gasteiger partial charge in [0, 0.05) is 5.56 Å². The van der Waals surface area contributed by atoms with Crippen LogP contribution in [0.3, 0.4) is 0 Å². The van der Waals surface area contributed by atoms with Crippen molar-refractivity contribution in [2.45, 2.75) is 17.4 Å². The quantitative estimate of drug-likeness (QED) is 0.362. The Labute approximate surface area is 200 Å². The molecule has 9 heteroatoms. The number of nitrogens with one attached hydrogen (secondary N) is 1. The summed E-state index contributed by atoms with van der Waals surface area (Å²) >= 11 is 1.18. The van der Waals surface area contributed by atoms with E-state index in [-0.39, 0.29) is 17.9 Å². The number of thioether (sulfide) groups is 1. The van der Waals surface area contributed by atoms with Gasteiger partial charge in [-0.1, -0.05) is 36.4 Å². The Bertz CT molecular complexity index is 1330. The second-order valence-electron chi connectivity index (χ2n) is 7.54. The zero-order valence-corrected chi connectivity index (χ0v) is 19.3. The van der Waals surface area contributed by atoms with Crippen LogP contribution in [0.5, 0.6) is 17.2 Å². The van der Waals surface area contributed by atoms with Gasteiger partial charge in [0.15, 0.2) is 11.5 Å². The molecule has 0 fully saturated rings. The van der Waals surface area contributed by atoms with Crippen molar-refractivity contribution in [2.24, 2.45) is 0 Å². The van der Waals surface area contributed by atoms with Gasteiger partial charge in [-0.05, 0) is 60.1 Å². The van der Waals surface area contributed by atoms with Gasteiger partial charge in [0.05, 0.1) is 12.8 Å². The molecule has 172 valence electrons. The first kappa shape index (κ1) is 21.8. The molecule has 0 radical (unpaired) electrons. The summed E-state index contributed by atoms with van der Waals surface area (Å²) in [7, 11) is 1.57. The molecule has 1 amide bonds. The van der Waals surface area contributed by atoms with E-state index in [0.717, 1.165) is 11.1 Å². The van der Waals surface area contributed by atoms with Crippen LogP contribution < -0.4 is 19.5 Å². The van der Waals surface area contributed by atoms with Crippen molar-refractivity contribution in [2.75, 3.05) is 19.2 Å². The second-order valence-corrected chi connectivity index (χ2v) is 8.60. The van der Waals surface area contributed by atoms with Gasteiger partial charge in [0.25, 0.3) is 5.22 Å². The highest BCUT2D eigenvalue weighted by molar-refractivity contribution is 8.00. The Balaban J connectivity index is 1.40. The van der Waals surface area contributed by atoms with E-state index >= 15 is 0 Å². The lowest BCUT2D eigenvalue weighted by molar-refractivity contribution is -0.115. The highest BCUT2D eigenvalue weighted by Gasteiger charge is 2.26. The molecule has 3 aromatic carbocycles. The van der Waals surface area contributed by atoms with Crippen LogP contribution in [-0.4, -0.2) is 30.0 Å². The molecule has 0 bridgehead atoms. The van der Waals surface area contributed by atoms with E-state index < -0.39 is 5.25 Å². The predicted octanol–water partition coefficient (Wildman–Crippen LogP) is 5.25. The van der Waals surface area contributed by atoms with Gasteiger partial charge in [-0.3, -0.25) is 4.79 Å². The number of aromatic nitrogens is 2. The van der Waals surface area contributed by atoms with Crippen LogP contribution in [0, 0.1) is 6.92 Å². The molecule has 0 saturated carbocycles. The highest BCUT2D eigenvalue weighted by atomic mass is 32.2. The van der Waals surface area contributed by atoms with Crippen LogP contribution in [0.2, 0.25) is 0 Å². The van der Waals surface area contributed by atoms with Crippen LogP contribution >= 0.6 is 11.8 Å². The number of fused-ring (bicyclic) bond motifs is 1. The zero-order valence-electron chi connectivity index (χ0n) is 18.5. The molecule has 0 spiro atoms. The van der Waals surface area contributed by atoms with Gasteiger partial charge in [0.2, 0.25) is 18.6 Å². The van der Waals surface area contributed by atoms with E-state index in [1.807, 2.05) is 61.5 Å². The first-order valence-corrected chi connectivity index (χ1v) is 11.4. The first-order chi connectivity index (χ1) is 16.6. The van der Waals surface area contributed by atoms with Crippen molar-refractivity contribution in [3.05, 3.63) is 77.9 Å². The number of nitrogens with zero attached hydrogens (tertiary/aromatic N) is 2. The third-order valence-corrected chi connectivity index (χ3v) is 6.29. The summed E-state index contributed by atoms with van der Waals surface area (Å²) in [6, 6.07) is 20.5. The Kier molecular flexibility index (Phi) is 6.09. The number of amides is 1. The number of hydrogen-bond donors (Lipinski definition) is 1. The van der Waals surface area contributed by atoms with Crippen molar-refractivity contribution in [3.8, 4) is 28.7 Å². The first-order valence-electron chi connectivity index (χ1n) is 10.5. The topological polar surface area (TPSA) is 95.7 Å². The molecule has 1 atom stereocenters. The van der Waals surface area contributed by atoms with Crippen LogP contribution in [0.15, 0.2) is 76.4 Å². The van der Waals surface area contributed by atoms with E-state index in [1.165, 1.54) is 11.8 Å². The lowest BCUT2D eigenvalue weighted by Crippen LogP contribution is -2.19. The minimum atomic E-state index is -0.628. The Morgan fingerprint density at radius 3 is 2.68 bits per heavy atom. The summed E-state index contributed by atoms with van der Waals surface area (Å²) < 4.78 is 22.1. The molecule has 1 aliphatic heterocycles. The van der Waals surface area contributed by atoms with Gasteiger partial charge in [-0.2, -0.15) is 0 Å². The molecular weight excluding hydrogens is 454 g/mol. The van der Waals surface area contributed by atoms with E-state index in [4.69, 9.17) is 18.6 Å². The standard InChI is InChI=1S/C25H21N3O5S/c1-15-8-10-19(30-2)18(12-15)26-23(29)22(16-6-4-3-5-7-16)34-25-28-27-24(33-25)17-9-11-20-21(13-17)32-14-31-20/h3-13,22H,14H2,1-2H3,(H,26,29). The fourth-order valence-electron chi connectivity index (χ4n) is 3.52. The molecule has 1 unspecified atom stereocenters. The number of rotatable bonds is 7. The molecule has 0 saturated heterocycles. The smallest absolute Gasteiger partial charge is 0.277 e. The van der Waals surface area contributed by atoms with Crippen molar-refractivity contribution in [1.82, 2.24) is 10.2 Å². The van der Waals surface area contributed by atoms with Crippen molar-refractivity contribution in [3.63, 3.8) is 0 Å². The Morgan fingerprint density at radius 1 is 1.03 bits per heavy atom. The summed E-state index contributed by atoms with van der Waals surface area (Å²) in [5.41, 5.74) is 3.11. The van der Waals surface area contributed by atoms with E-state index in [2.05, 4.69) is 15.5 Å². The van der Waals surface area contributed by atoms with Gasteiger partial charge in [-0.25, -0.2) is 0 Å². The van der Waals surface area contributed by atoms with Crippen molar-refractivity contribution < 1.29 is 23.4 Å². The molecule has 1 N–H and O–H groups in total. The molecule has 2 heterocycles. The minimum absolute atomic E-state index is 0.184. The van der Waals surface area contributed by atoms with Crippen molar-refractivity contribution in [1.29, 1.82) is 0 Å². The van der Waals surface area contributed by atoms with Gasteiger partial charge in [-0.15, -0.1) is 10.2 Å². The molecule has 8 nitrogen and oxygen atoms in total. The fourth-order valence-corrected chi connectivity index (χ4v) is 4.40. The number of carbonyl (C=O) groups excluding carboxylic acids is 1. The molecule has 1 aliphatic rings. The molecule has 34 heavy (non-hydrogen) atoms. The number of anilines is 1. The van der Waals surface area contributed by atoms with Gasteiger partial charge >= 0.3 is 0 Å². The number of aryl methyl sites for hydroxylation is 1. The Hall–Kier alpha value is -3.98. The summed E-state index contributed by atoms with van der Waals surface area (Å²) in [6.07, 6.45) is 0. The monoisotopic (exact) mass is 475 g/mol. The van der Waals surface area contributed by atoms with Crippen LogP contribution in [0.1, 0.15) is 16.4 Å².